The number of nitrogens with one attached hydrogen (secondary N) is 1. The SMILES string of the molecule is Cc1ccc(C(C)C)c(OCC(=O)NCC(C)Cn2ccnc2C)c1. The second-order valence-electron chi connectivity index (χ2n) is 7.02. The van der Waals surface area contributed by atoms with Crippen LogP contribution < -0.4 is 10.1 Å². The van der Waals surface area contributed by atoms with Gasteiger partial charge in [-0.1, -0.05) is 32.9 Å². The van der Waals surface area contributed by atoms with E-state index in [-0.39, 0.29) is 12.5 Å². The van der Waals surface area contributed by atoms with Gasteiger partial charge in [0.1, 0.15) is 11.6 Å². The lowest BCUT2D eigenvalue weighted by molar-refractivity contribution is -0.123. The Kier molecular flexibility index (Phi) is 6.62. The molecular formula is C20H29N3O2. The first-order valence-corrected chi connectivity index (χ1v) is 8.84. The first-order chi connectivity index (χ1) is 11.9. The molecule has 1 heterocycles. The van der Waals surface area contributed by atoms with Gasteiger partial charge in [-0.25, -0.2) is 4.98 Å². The number of rotatable bonds is 8. The largest absolute Gasteiger partial charge is 0.483 e. The van der Waals surface area contributed by atoms with Crippen LogP contribution in [-0.4, -0.2) is 28.6 Å². The highest BCUT2D eigenvalue weighted by atomic mass is 16.5. The van der Waals surface area contributed by atoms with E-state index in [1.807, 2.05) is 26.1 Å². The van der Waals surface area contributed by atoms with Gasteiger partial charge in [0, 0.05) is 25.5 Å². The van der Waals surface area contributed by atoms with Gasteiger partial charge in [-0.05, 0) is 42.9 Å². The molecule has 0 aliphatic carbocycles. The van der Waals surface area contributed by atoms with Gasteiger partial charge in [0.2, 0.25) is 0 Å². The fourth-order valence-corrected chi connectivity index (χ4v) is 2.72. The van der Waals surface area contributed by atoms with Gasteiger partial charge in [-0.15, -0.1) is 0 Å². The van der Waals surface area contributed by atoms with Crippen LogP contribution in [0.25, 0.3) is 0 Å². The molecule has 1 aromatic heterocycles. The van der Waals surface area contributed by atoms with E-state index >= 15 is 0 Å². The van der Waals surface area contributed by atoms with E-state index < -0.39 is 0 Å². The van der Waals surface area contributed by atoms with Crippen molar-refractivity contribution in [2.45, 2.75) is 47.1 Å². The first-order valence-electron chi connectivity index (χ1n) is 8.84. The van der Waals surface area contributed by atoms with Crippen LogP contribution in [-0.2, 0) is 11.3 Å². The second kappa shape index (κ2) is 8.70. The molecule has 0 spiro atoms. The van der Waals surface area contributed by atoms with E-state index in [4.69, 9.17) is 4.74 Å². The number of aryl methyl sites for hydroxylation is 2. The highest BCUT2D eigenvalue weighted by Gasteiger charge is 2.11. The Balaban J connectivity index is 1.81. The van der Waals surface area contributed by atoms with Crippen LogP contribution in [0.15, 0.2) is 30.6 Å². The predicted octanol–water partition coefficient (Wildman–Crippen LogP) is 3.45. The van der Waals surface area contributed by atoms with Crippen molar-refractivity contribution in [2.24, 2.45) is 5.92 Å². The van der Waals surface area contributed by atoms with Crippen LogP contribution in [0.1, 0.15) is 43.6 Å². The van der Waals surface area contributed by atoms with E-state index in [2.05, 4.69) is 47.8 Å². The number of carbonyl (C=O) groups is 1. The number of amides is 1. The van der Waals surface area contributed by atoms with E-state index in [0.717, 1.165) is 29.2 Å². The number of ether oxygens (including phenoxy) is 1. The molecule has 5 heteroatoms. The number of carbonyl (C=O) groups excluding carboxylic acids is 1. The van der Waals surface area contributed by atoms with Crippen molar-refractivity contribution in [3.63, 3.8) is 0 Å². The minimum absolute atomic E-state index is 0.0417. The summed E-state index contributed by atoms with van der Waals surface area (Å²) in [4.78, 5) is 16.3. The van der Waals surface area contributed by atoms with Gasteiger partial charge >= 0.3 is 0 Å². The Morgan fingerprint density at radius 1 is 1.28 bits per heavy atom. The standard InChI is InChI=1S/C20H29N3O2/c1-14(2)18-7-6-15(3)10-19(18)25-13-20(24)22-11-16(4)12-23-9-8-21-17(23)5/h6-10,14,16H,11-13H2,1-5H3,(H,22,24). The third-order valence-corrected chi connectivity index (χ3v) is 4.23. The second-order valence-corrected chi connectivity index (χ2v) is 7.02. The van der Waals surface area contributed by atoms with Crippen molar-refractivity contribution in [1.82, 2.24) is 14.9 Å². The molecule has 0 bridgehead atoms. The van der Waals surface area contributed by atoms with E-state index in [1.54, 1.807) is 6.20 Å². The summed E-state index contributed by atoms with van der Waals surface area (Å²) >= 11 is 0. The lowest BCUT2D eigenvalue weighted by Crippen LogP contribution is -2.33. The molecule has 0 radical (unpaired) electrons. The maximum Gasteiger partial charge on any atom is 0.257 e. The minimum atomic E-state index is -0.0922. The Labute approximate surface area is 150 Å². The van der Waals surface area contributed by atoms with Crippen molar-refractivity contribution in [3.8, 4) is 5.75 Å². The van der Waals surface area contributed by atoms with Crippen LogP contribution in [0.5, 0.6) is 5.75 Å². The fraction of sp³-hybridized carbons (Fsp3) is 0.500. The number of hydrogen-bond donors (Lipinski definition) is 1. The van der Waals surface area contributed by atoms with Gasteiger partial charge in [0.15, 0.2) is 6.61 Å². The molecule has 136 valence electrons. The number of benzene rings is 1. The summed E-state index contributed by atoms with van der Waals surface area (Å²) in [7, 11) is 0. The third kappa shape index (κ3) is 5.62. The zero-order valence-corrected chi connectivity index (χ0v) is 15.9. The smallest absolute Gasteiger partial charge is 0.257 e. The van der Waals surface area contributed by atoms with Gasteiger partial charge in [0.05, 0.1) is 0 Å². The summed E-state index contributed by atoms with van der Waals surface area (Å²) in [6.45, 7) is 11.9. The molecule has 1 atom stereocenters. The molecule has 1 aromatic carbocycles. The number of aromatic nitrogens is 2. The van der Waals surface area contributed by atoms with Crippen molar-refractivity contribution >= 4 is 5.91 Å². The van der Waals surface area contributed by atoms with Crippen molar-refractivity contribution in [3.05, 3.63) is 47.5 Å². The predicted molar refractivity (Wildman–Crippen MR) is 99.9 cm³/mol. The summed E-state index contributed by atoms with van der Waals surface area (Å²) in [5.74, 6) is 2.37. The molecule has 2 rings (SSSR count). The molecule has 25 heavy (non-hydrogen) atoms. The zero-order valence-electron chi connectivity index (χ0n) is 15.9. The average molecular weight is 343 g/mol. The molecule has 1 unspecified atom stereocenters. The van der Waals surface area contributed by atoms with Gasteiger partial charge in [0.25, 0.3) is 5.91 Å². The quantitative estimate of drug-likeness (QED) is 0.799. The monoisotopic (exact) mass is 343 g/mol. The van der Waals surface area contributed by atoms with Gasteiger partial charge in [-0.3, -0.25) is 4.79 Å². The Hall–Kier alpha value is -2.30. The number of nitrogens with zero attached hydrogens (tertiary/aromatic N) is 2. The van der Waals surface area contributed by atoms with Crippen molar-refractivity contribution in [2.75, 3.05) is 13.2 Å². The summed E-state index contributed by atoms with van der Waals surface area (Å²) in [6.07, 6.45) is 3.75. The highest BCUT2D eigenvalue weighted by molar-refractivity contribution is 5.77. The topological polar surface area (TPSA) is 56.1 Å². The molecule has 2 aromatic rings. The molecule has 1 N–H and O–H groups in total. The Bertz CT molecular complexity index is 707. The van der Waals surface area contributed by atoms with Crippen LogP contribution in [0.2, 0.25) is 0 Å². The average Bonchev–Trinajstić information content (AvgIpc) is 2.95. The Morgan fingerprint density at radius 2 is 2.04 bits per heavy atom. The summed E-state index contributed by atoms with van der Waals surface area (Å²) in [6, 6.07) is 6.14. The summed E-state index contributed by atoms with van der Waals surface area (Å²) in [5.41, 5.74) is 2.26. The maximum absolute atomic E-state index is 12.1. The molecule has 0 aliphatic rings. The summed E-state index contributed by atoms with van der Waals surface area (Å²) < 4.78 is 7.86. The Morgan fingerprint density at radius 3 is 2.68 bits per heavy atom. The number of imidazole rings is 1. The van der Waals surface area contributed by atoms with Gasteiger partial charge in [-0.2, -0.15) is 0 Å². The van der Waals surface area contributed by atoms with Crippen LogP contribution in [0.3, 0.4) is 0 Å². The molecule has 5 nitrogen and oxygen atoms in total. The molecule has 1 amide bonds. The van der Waals surface area contributed by atoms with Crippen molar-refractivity contribution in [1.29, 1.82) is 0 Å². The lowest BCUT2D eigenvalue weighted by Gasteiger charge is -2.16. The first kappa shape index (κ1) is 19.0. The van der Waals surface area contributed by atoms with E-state index in [0.29, 0.717) is 18.4 Å². The third-order valence-electron chi connectivity index (χ3n) is 4.23. The zero-order chi connectivity index (χ0) is 18.4. The van der Waals surface area contributed by atoms with Gasteiger partial charge < -0.3 is 14.6 Å². The van der Waals surface area contributed by atoms with E-state index in [1.165, 1.54) is 0 Å². The molecule has 0 saturated carbocycles. The number of hydrogen-bond acceptors (Lipinski definition) is 3. The fourth-order valence-electron chi connectivity index (χ4n) is 2.72. The lowest BCUT2D eigenvalue weighted by atomic mass is 10.0. The molecular weight excluding hydrogens is 314 g/mol. The minimum Gasteiger partial charge on any atom is -0.483 e. The van der Waals surface area contributed by atoms with E-state index in [9.17, 15) is 4.79 Å². The van der Waals surface area contributed by atoms with Crippen LogP contribution in [0, 0.1) is 19.8 Å². The summed E-state index contributed by atoms with van der Waals surface area (Å²) in [5, 5.41) is 2.95. The highest BCUT2D eigenvalue weighted by Crippen LogP contribution is 2.27. The molecule has 0 saturated heterocycles. The van der Waals surface area contributed by atoms with Crippen LogP contribution in [0.4, 0.5) is 0 Å². The van der Waals surface area contributed by atoms with Crippen LogP contribution >= 0.6 is 0 Å². The van der Waals surface area contributed by atoms with Crippen molar-refractivity contribution < 1.29 is 9.53 Å². The maximum atomic E-state index is 12.1. The normalized spacial score (nSPS) is 12.2. The molecule has 0 aliphatic heterocycles. The molecule has 0 fully saturated rings.